The van der Waals surface area contributed by atoms with Crippen molar-refractivity contribution in [2.45, 2.75) is 38.9 Å². The van der Waals surface area contributed by atoms with E-state index in [0.717, 1.165) is 10.9 Å². The molecule has 0 amide bonds. The van der Waals surface area contributed by atoms with Crippen molar-refractivity contribution in [1.82, 2.24) is 4.98 Å². The van der Waals surface area contributed by atoms with Gasteiger partial charge in [-0.3, -0.25) is 0 Å². The molecule has 100 valence electrons. The highest BCUT2D eigenvalue weighted by atomic mass is 16.7. The van der Waals surface area contributed by atoms with E-state index in [9.17, 15) is 5.11 Å². The summed E-state index contributed by atoms with van der Waals surface area (Å²) in [6.07, 6.45) is 1.85. The van der Waals surface area contributed by atoms with Gasteiger partial charge in [-0.15, -0.1) is 0 Å². The maximum atomic E-state index is 10.1. The van der Waals surface area contributed by atoms with Crippen molar-refractivity contribution in [3.8, 4) is 5.75 Å². The van der Waals surface area contributed by atoms with E-state index in [0.29, 0.717) is 5.46 Å². The molecule has 0 radical (unpaired) electrons. The highest BCUT2D eigenvalue weighted by Gasteiger charge is 2.52. The van der Waals surface area contributed by atoms with Gasteiger partial charge in [0.25, 0.3) is 0 Å². The summed E-state index contributed by atoms with van der Waals surface area (Å²) < 4.78 is 11.9. The van der Waals surface area contributed by atoms with Crippen LogP contribution < -0.4 is 5.46 Å². The second-order valence-electron chi connectivity index (χ2n) is 6.06. The van der Waals surface area contributed by atoms with E-state index >= 15 is 0 Å². The first-order valence-electron chi connectivity index (χ1n) is 6.46. The first-order valence-corrected chi connectivity index (χ1v) is 6.46. The number of aromatic hydroxyl groups is 1. The molecular weight excluding hydrogens is 241 g/mol. The summed E-state index contributed by atoms with van der Waals surface area (Å²) in [6.45, 7) is 8.00. The molecule has 2 heterocycles. The van der Waals surface area contributed by atoms with Crippen molar-refractivity contribution in [2.75, 3.05) is 0 Å². The number of fused-ring (bicyclic) bond motifs is 1. The van der Waals surface area contributed by atoms with E-state index in [1.165, 1.54) is 0 Å². The van der Waals surface area contributed by atoms with Crippen molar-refractivity contribution in [3.05, 3.63) is 24.4 Å². The number of hydrogen-bond acceptors (Lipinski definition) is 3. The molecule has 0 bridgehead atoms. The van der Waals surface area contributed by atoms with Crippen LogP contribution in [0.4, 0.5) is 0 Å². The van der Waals surface area contributed by atoms with Crippen LogP contribution >= 0.6 is 0 Å². The van der Waals surface area contributed by atoms with Crippen LogP contribution in [0.5, 0.6) is 5.75 Å². The fraction of sp³-hybridized carbons (Fsp3) is 0.429. The third-order valence-electron chi connectivity index (χ3n) is 4.21. The third-order valence-corrected chi connectivity index (χ3v) is 4.21. The Morgan fingerprint density at radius 2 is 1.74 bits per heavy atom. The third kappa shape index (κ3) is 1.85. The van der Waals surface area contributed by atoms with Gasteiger partial charge in [0.05, 0.1) is 11.2 Å². The van der Waals surface area contributed by atoms with E-state index in [1.807, 2.05) is 46.0 Å². The first-order chi connectivity index (χ1) is 8.80. The smallest absolute Gasteiger partial charge is 0.498 e. The monoisotopic (exact) mass is 259 g/mol. The molecule has 0 saturated carbocycles. The zero-order valence-electron chi connectivity index (χ0n) is 11.7. The molecule has 1 saturated heterocycles. The molecule has 2 aromatic rings. The second-order valence-corrected chi connectivity index (χ2v) is 6.06. The van der Waals surface area contributed by atoms with Gasteiger partial charge < -0.3 is 19.4 Å². The Kier molecular flexibility index (Phi) is 2.50. The Morgan fingerprint density at radius 1 is 1.11 bits per heavy atom. The molecule has 4 nitrogen and oxygen atoms in total. The van der Waals surface area contributed by atoms with Crippen LogP contribution in [0, 0.1) is 0 Å². The zero-order chi connectivity index (χ0) is 13.8. The first kappa shape index (κ1) is 12.6. The van der Waals surface area contributed by atoms with Crippen LogP contribution in [0.1, 0.15) is 27.7 Å². The second kappa shape index (κ2) is 3.77. The van der Waals surface area contributed by atoms with E-state index in [2.05, 4.69) is 4.98 Å². The maximum absolute atomic E-state index is 10.1. The molecule has 0 atom stereocenters. The molecule has 3 rings (SSSR count). The summed E-state index contributed by atoms with van der Waals surface area (Å²) in [4.78, 5) is 3.07. The van der Waals surface area contributed by atoms with Crippen molar-refractivity contribution >= 4 is 23.5 Å². The number of phenols is 1. The molecule has 0 spiro atoms. The van der Waals surface area contributed by atoms with Crippen LogP contribution in [0.2, 0.25) is 0 Å². The molecular formula is C14H18BNO3. The van der Waals surface area contributed by atoms with Crippen LogP contribution in [0.25, 0.3) is 10.9 Å². The summed E-state index contributed by atoms with van der Waals surface area (Å²) in [5.41, 5.74) is 0.762. The van der Waals surface area contributed by atoms with Gasteiger partial charge in [0.15, 0.2) is 0 Å². The predicted molar refractivity (Wildman–Crippen MR) is 75.7 cm³/mol. The van der Waals surface area contributed by atoms with Gasteiger partial charge in [0.2, 0.25) is 0 Å². The molecule has 1 fully saturated rings. The van der Waals surface area contributed by atoms with E-state index < -0.39 is 18.3 Å². The highest BCUT2D eigenvalue weighted by molar-refractivity contribution is 6.63. The minimum Gasteiger partial charge on any atom is -0.508 e. The molecule has 2 N–H and O–H groups in total. The minimum absolute atomic E-state index is 0.188. The van der Waals surface area contributed by atoms with Gasteiger partial charge in [0.1, 0.15) is 5.75 Å². The molecule has 1 aromatic heterocycles. The normalized spacial score (nSPS) is 21.2. The molecule has 0 unspecified atom stereocenters. The van der Waals surface area contributed by atoms with E-state index in [1.54, 1.807) is 6.07 Å². The van der Waals surface area contributed by atoms with Crippen LogP contribution in [0.3, 0.4) is 0 Å². The average molecular weight is 259 g/mol. The minimum atomic E-state index is -0.538. The number of benzene rings is 1. The molecule has 1 aromatic carbocycles. The number of aromatic amines is 1. The van der Waals surface area contributed by atoms with Gasteiger partial charge in [-0.25, -0.2) is 0 Å². The fourth-order valence-electron chi connectivity index (χ4n) is 2.27. The topological polar surface area (TPSA) is 54.5 Å². The van der Waals surface area contributed by atoms with Gasteiger partial charge in [-0.05, 0) is 45.2 Å². The Labute approximate surface area is 112 Å². The number of nitrogens with one attached hydrogen (secondary N) is 1. The van der Waals surface area contributed by atoms with Gasteiger partial charge >= 0.3 is 7.12 Å². The van der Waals surface area contributed by atoms with Gasteiger partial charge in [0, 0.05) is 23.2 Å². The van der Waals surface area contributed by atoms with Gasteiger partial charge in [-0.2, -0.15) is 0 Å². The quantitative estimate of drug-likeness (QED) is 0.772. The molecule has 5 heteroatoms. The SMILES string of the molecule is CC1(C)OB(c2cc3cc[nH]c3cc2O)OC1(C)C. The number of rotatable bonds is 1. The largest absolute Gasteiger partial charge is 0.508 e. The van der Waals surface area contributed by atoms with Gasteiger partial charge in [-0.1, -0.05) is 0 Å². The average Bonchev–Trinajstić information content (AvgIpc) is 2.80. The maximum Gasteiger partial charge on any atom is 0.498 e. The van der Waals surface area contributed by atoms with Crippen LogP contribution in [-0.4, -0.2) is 28.4 Å². The van der Waals surface area contributed by atoms with Crippen LogP contribution in [-0.2, 0) is 9.31 Å². The Hall–Kier alpha value is -1.46. The Balaban J connectivity index is 2.04. The lowest BCUT2D eigenvalue weighted by molar-refractivity contribution is 0.00578. The molecule has 19 heavy (non-hydrogen) atoms. The lowest BCUT2D eigenvalue weighted by Gasteiger charge is -2.32. The summed E-state index contributed by atoms with van der Waals surface area (Å²) in [6, 6.07) is 5.57. The van der Waals surface area contributed by atoms with E-state index in [4.69, 9.17) is 9.31 Å². The Bertz CT molecular complexity index is 617. The predicted octanol–water partition coefficient (Wildman–Crippen LogP) is 2.17. The summed E-state index contributed by atoms with van der Waals surface area (Å²) >= 11 is 0. The van der Waals surface area contributed by atoms with Crippen molar-refractivity contribution in [3.63, 3.8) is 0 Å². The van der Waals surface area contributed by atoms with Crippen molar-refractivity contribution < 1.29 is 14.4 Å². The number of hydrogen-bond donors (Lipinski definition) is 2. The lowest BCUT2D eigenvalue weighted by atomic mass is 9.78. The summed E-state index contributed by atoms with van der Waals surface area (Å²) in [5.74, 6) is 0.188. The molecule has 1 aliphatic heterocycles. The standard InChI is InChI=1S/C14H18BNO3/c1-13(2)14(3,4)19-15(18-13)10-7-9-5-6-16-11(9)8-12(10)17/h5-8,16-17H,1-4H3. The number of aromatic nitrogens is 1. The van der Waals surface area contributed by atoms with Crippen molar-refractivity contribution in [2.24, 2.45) is 0 Å². The lowest BCUT2D eigenvalue weighted by Crippen LogP contribution is -2.41. The summed E-state index contributed by atoms with van der Waals surface area (Å²) in [7, 11) is -0.538. The fourth-order valence-corrected chi connectivity index (χ4v) is 2.27. The Morgan fingerprint density at radius 3 is 2.37 bits per heavy atom. The molecule has 0 aliphatic carbocycles. The number of phenolic OH excluding ortho intramolecular Hbond substituents is 1. The van der Waals surface area contributed by atoms with Crippen molar-refractivity contribution in [1.29, 1.82) is 0 Å². The van der Waals surface area contributed by atoms with E-state index in [-0.39, 0.29) is 5.75 Å². The highest BCUT2D eigenvalue weighted by Crippen LogP contribution is 2.37. The molecule has 1 aliphatic rings. The van der Waals surface area contributed by atoms with Crippen LogP contribution in [0.15, 0.2) is 24.4 Å². The zero-order valence-corrected chi connectivity index (χ0v) is 11.7. The summed E-state index contributed by atoms with van der Waals surface area (Å²) in [5, 5.41) is 11.2. The number of H-pyrrole nitrogens is 1.